The molecular formula is C17H17NO2S. The lowest BCUT2D eigenvalue weighted by molar-refractivity contribution is 0.0955. The van der Waals surface area contributed by atoms with E-state index in [0.29, 0.717) is 11.4 Å². The van der Waals surface area contributed by atoms with Crippen molar-refractivity contribution >= 4 is 17.2 Å². The van der Waals surface area contributed by atoms with E-state index in [-0.39, 0.29) is 12.5 Å². The zero-order valence-electron chi connectivity index (χ0n) is 11.8. The zero-order chi connectivity index (χ0) is 15.1. The van der Waals surface area contributed by atoms with Crippen molar-refractivity contribution in [3.8, 4) is 11.8 Å². The standard InChI is InChI=1S/C17H17NO2S/c1-2-13-6-3-4-7-14(13)12-18-17(20)16-10-9-15(21-16)8-5-11-19/h3-4,6-7,9-10,19H,2,11-12H2,1H3,(H,18,20). The molecule has 0 unspecified atom stereocenters. The van der Waals surface area contributed by atoms with E-state index in [1.165, 1.54) is 16.9 Å². The number of aliphatic hydroxyl groups excluding tert-OH is 1. The van der Waals surface area contributed by atoms with Crippen LogP contribution in [-0.4, -0.2) is 17.6 Å². The number of aryl methyl sites for hydroxylation is 1. The van der Waals surface area contributed by atoms with Crippen LogP contribution < -0.4 is 5.32 Å². The maximum Gasteiger partial charge on any atom is 0.261 e. The summed E-state index contributed by atoms with van der Waals surface area (Å²) in [5, 5.41) is 11.6. The summed E-state index contributed by atoms with van der Waals surface area (Å²) in [6.45, 7) is 2.46. The average molecular weight is 299 g/mol. The number of nitrogens with one attached hydrogen (secondary N) is 1. The number of amides is 1. The Morgan fingerprint density at radius 3 is 2.71 bits per heavy atom. The van der Waals surface area contributed by atoms with Crippen LogP contribution in [0.4, 0.5) is 0 Å². The molecule has 1 heterocycles. The number of aliphatic hydroxyl groups is 1. The molecule has 0 bridgehead atoms. The number of benzene rings is 1. The summed E-state index contributed by atoms with van der Waals surface area (Å²) in [6.07, 6.45) is 0.950. The lowest BCUT2D eigenvalue weighted by Gasteiger charge is -2.08. The van der Waals surface area contributed by atoms with E-state index in [0.717, 1.165) is 16.9 Å². The molecule has 0 saturated carbocycles. The molecule has 0 atom stereocenters. The fraction of sp³-hybridized carbons (Fsp3) is 0.235. The van der Waals surface area contributed by atoms with Crippen molar-refractivity contribution in [2.75, 3.05) is 6.61 Å². The van der Waals surface area contributed by atoms with Crippen LogP contribution in [0.5, 0.6) is 0 Å². The number of carbonyl (C=O) groups excluding carboxylic acids is 1. The zero-order valence-corrected chi connectivity index (χ0v) is 12.7. The Morgan fingerprint density at radius 2 is 2.00 bits per heavy atom. The van der Waals surface area contributed by atoms with Crippen LogP contribution in [0, 0.1) is 11.8 Å². The van der Waals surface area contributed by atoms with Crippen molar-refractivity contribution in [3.63, 3.8) is 0 Å². The first-order valence-electron chi connectivity index (χ1n) is 6.79. The first kappa shape index (κ1) is 15.3. The number of hydrogen-bond donors (Lipinski definition) is 2. The number of hydrogen-bond acceptors (Lipinski definition) is 3. The van der Waals surface area contributed by atoms with Crippen LogP contribution >= 0.6 is 11.3 Å². The number of rotatable bonds is 4. The van der Waals surface area contributed by atoms with E-state index in [1.54, 1.807) is 12.1 Å². The Morgan fingerprint density at radius 1 is 1.24 bits per heavy atom. The van der Waals surface area contributed by atoms with Gasteiger partial charge in [0, 0.05) is 6.54 Å². The lowest BCUT2D eigenvalue weighted by atomic mass is 10.1. The summed E-state index contributed by atoms with van der Waals surface area (Å²) in [7, 11) is 0. The van der Waals surface area contributed by atoms with E-state index in [9.17, 15) is 4.79 Å². The normalized spacial score (nSPS) is 9.81. The van der Waals surface area contributed by atoms with E-state index < -0.39 is 0 Å². The fourth-order valence-corrected chi connectivity index (χ4v) is 2.79. The minimum absolute atomic E-state index is 0.0945. The number of thiophene rings is 1. The highest BCUT2D eigenvalue weighted by atomic mass is 32.1. The van der Waals surface area contributed by atoms with E-state index >= 15 is 0 Å². The van der Waals surface area contributed by atoms with Gasteiger partial charge in [0.15, 0.2) is 0 Å². The molecule has 0 saturated heterocycles. The maximum absolute atomic E-state index is 12.1. The van der Waals surface area contributed by atoms with Crippen molar-refractivity contribution in [1.29, 1.82) is 0 Å². The Kier molecular flexibility index (Phi) is 5.56. The van der Waals surface area contributed by atoms with Gasteiger partial charge in [-0.05, 0) is 29.7 Å². The van der Waals surface area contributed by atoms with E-state index in [1.807, 2.05) is 18.2 Å². The summed E-state index contributed by atoms with van der Waals surface area (Å²) >= 11 is 1.33. The first-order chi connectivity index (χ1) is 10.2. The molecule has 1 aromatic carbocycles. The van der Waals surface area contributed by atoms with Gasteiger partial charge >= 0.3 is 0 Å². The Hall–Kier alpha value is -2.09. The molecular weight excluding hydrogens is 282 g/mol. The molecule has 2 aromatic rings. The summed E-state index contributed by atoms with van der Waals surface area (Å²) in [4.78, 5) is 13.5. The highest BCUT2D eigenvalue weighted by Gasteiger charge is 2.09. The van der Waals surface area contributed by atoms with Crippen LogP contribution in [0.25, 0.3) is 0 Å². The van der Waals surface area contributed by atoms with Crippen molar-refractivity contribution < 1.29 is 9.90 Å². The molecule has 0 aliphatic rings. The molecule has 0 aliphatic carbocycles. The fourth-order valence-electron chi connectivity index (χ4n) is 1.99. The minimum Gasteiger partial charge on any atom is -0.384 e. The molecule has 0 fully saturated rings. The van der Waals surface area contributed by atoms with E-state index in [4.69, 9.17) is 5.11 Å². The summed E-state index contributed by atoms with van der Waals surface area (Å²) in [5.74, 6) is 5.28. The maximum atomic E-state index is 12.1. The molecule has 4 heteroatoms. The van der Waals surface area contributed by atoms with E-state index in [2.05, 4.69) is 30.1 Å². The minimum atomic E-state index is -0.173. The molecule has 0 aliphatic heterocycles. The highest BCUT2D eigenvalue weighted by Crippen LogP contribution is 2.16. The second-order valence-corrected chi connectivity index (χ2v) is 5.51. The molecule has 0 radical (unpaired) electrons. The van der Waals surface area contributed by atoms with Gasteiger partial charge in [-0.2, -0.15) is 0 Å². The quantitative estimate of drug-likeness (QED) is 0.853. The second kappa shape index (κ2) is 7.63. The smallest absolute Gasteiger partial charge is 0.261 e. The predicted molar refractivity (Wildman–Crippen MR) is 85.3 cm³/mol. The van der Waals surface area contributed by atoms with Gasteiger partial charge in [-0.25, -0.2) is 0 Å². The molecule has 108 valence electrons. The van der Waals surface area contributed by atoms with Crippen molar-refractivity contribution in [3.05, 3.63) is 57.3 Å². The molecule has 1 amide bonds. The first-order valence-corrected chi connectivity index (χ1v) is 7.60. The van der Waals surface area contributed by atoms with Crippen molar-refractivity contribution in [1.82, 2.24) is 5.32 Å². The third-order valence-electron chi connectivity index (χ3n) is 3.06. The lowest BCUT2D eigenvalue weighted by Crippen LogP contribution is -2.22. The number of carbonyl (C=O) groups is 1. The van der Waals surface area contributed by atoms with Crippen molar-refractivity contribution in [2.45, 2.75) is 19.9 Å². The largest absolute Gasteiger partial charge is 0.384 e. The second-order valence-electron chi connectivity index (χ2n) is 4.43. The SMILES string of the molecule is CCc1ccccc1CNC(=O)c1ccc(C#CCO)s1. The van der Waals surface area contributed by atoms with Gasteiger partial charge < -0.3 is 10.4 Å². The Bertz CT molecular complexity index is 679. The summed E-state index contributed by atoms with van der Waals surface area (Å²) < 4.78 is 0. The Labute approximate surface area is 128 Å². The summed E-state index contributed by atoms with van der Waals surface area (Å²) in [5.41, 5.74) is 2.39. The van der Waals surface area contributed by atoms with Gasteiger partial charge in [0.25, 0.3) is 5.91 Å². The third-order valence-corrected chi connectivity index (χ3v) is 4.06. The summed E-state index contributed by atoms with van der Waals surface area (Å²) in [6, 6.07) is 11.7. The third kappa shape index (κ3) is 4.19. The molecule has 21 heavy (non-hydrogen) atoms. The van der Waals surface area contributed by atoms with Gasteiger partial charge in [-0.15, -0.1) is 11.3 Å². The van der Waals surface area contributed by atoms with Crippen LogP contribution in [0.2, 0.25) is 0 Å². The van der Waals surface area contributed by atoms with Gasteiger partial charge in [0.05, 0.1) is 9.75 Å². The van der Waals surface area contributed by atoms with Gasteiger partial charge in [-0.1, -0.05) is 43.0 Å². The van der Waals surface area contributed by atoms with Crippen LogP contribution in [-0.2, 0) is 13.0 Å². The molecule has 2 rings (SSSR count). The average Bonchev–Trinajstić information content (AvgIpc) is 2.99. The van der Waals surface area contributed by atoms with Crippen LogP contribution in [0.3, 0.4) is 0 Å². The molecule has 3 nitrogen and oxygen atoms in total. The Balaban J connectivity index is 2.00. The van der Waals surface area contributed by atoms with Crippen LogP contribution in [0.1, 0.15) is 32.6 Å². The molecule has 1 aromatic heterocycles. The monoisotopic (exact) mass is 299 g/mol. The predicted octanol–water partition coefficient (Wildman–Crippen LogP) is 2.58. The molecule has 2 N–H and O–H groups in total. The molecule has 0 spiro atoms. The highest BCUT2D eigenvalue weighted by molar-refractivity contribution is 7.14. The van der Waals surface area contributed by atoms with Gasteiger partial charge in [0.1, 0.15) is 6.61 Å². The topological polar surface area (TPSA) is 49.3 Å². The van der Waals surface area contributed by atoms with Crippen LogP contribution in [0.15, 0.2) is 36.4 Å². The van der Waals surface area contributed by atoms with Crippen molar-refractivity contribution in [2.24, 2.45) is 0 Å². The van der Waals surface area contributed by atoms with Gasteiger partial charge in [0.2, 0.25) is 0 Å². The van der Waals surface area contributed by atoms with Gasteiger partial charge in [-0.3, -0.25) is 4.79 Å².